The highest BCUT2D eigenvalue weighted by Gasteiger charge is 2.38. The second-order valence-corrected chi connectivity index (χ2v) is 5.58. The van der Waals surface area contributed by atoms with Gasteiger partial charge in [0.1, 0.15) is 6.04 Å². The molecule has 7 nitrogen and oxygen atoms in total. The van der Waals surface area contributed by atoms with Crippen molar-refractivity contribution in [1.82, 2.24) is 16.0 Å². The molecule has 23 heavy (non-hydrogen) atoms. The molecular weight excluding hydrogens is 320 g/mol. The molecule has 1 saturated heterocycles. The van der Waals surface area contributed by atoms with Crippen molar-refractivity contribution in [3.63, 3.8) is 0 Å². The number of anilines is 1. The van der Waals surface area contributed by atoms with Gasteiger partial charge in [-0.15, -0.1) is 0 Å². The number of nitrogens with one attached hydrogen (secondary N) is 3. The Balaban J connectivity index is 1.91. The Labute approximate surface area is 139 Å². The van der Waals surface area contributed by atoms with Crippen molar-refractivity contribution in [3.05, 3.63) is 29.3 Å². The van der Waals surface area contributed by atoms with Crippen LogP contribution in [0.15, 0.2) is 24.3 Å². The van der Waals surface area contributed by atoms with Gasteiger partial charge in [-0.2, -0.15) is 0 Å². The van der Waals surface area contributed by atoms with Crippen LogP contribution in [-0.2, 0) is 9.59 Å². The smallest absolute Gasteiger partial charge is 0.329 e. The largest absolute Gasteiger partial charge is 0.355 e. The van der Waals surface area contributed by atoms with E-state index in [-0.39, 0.29) is 24.7 Å². The number of halogens is 1. The van der Waals surface area contributed by atoms with E-state index in [0.29, 0.717) is 23.8 Å². The molecule has 1 unspecified atom stereocenters. The molecule has 1 aliphatic rings. The van der Waals surface area contributed by atoms with Crippen LogP contribution in [0.5, 0.6) is 0 Å². The zero-order chi connectivity index (χ0) is 16.8. The highest BCUT2D eigenvalue weighted by Crippen LogP contribution is 2.22. The highest BCUT2D eigenvalue weighted by molar-refractivity contribution is 6.30. The number of hydrogen-bond acceptors (Lipinski definition) is 4. The van der Waals surface area contributed by atoms with Crippen molar-refractivity contribution in [1.29, 1.82) is 0 Å². The van der Waals surface area contributed by atoms with Crippen molar-refractivity contribution < 1.29 is 14.4 Å². The number of likely N-dealkylation sites (N-methyl/N-ethyl adjacent to an activating group) is 1. The Morgan fingerprint density at radius 3 is 2.61 bits per heavy atom. The van der Waals surface area contributed by atoms with Crippen molar-refractivity contribution in [2.24, 2.45) is 0 Å². The van der Waals surface area contributed by atoms with E-state index in [0.717, 1.165) is 4.90 Å². The average Bonchev–Trinajstić information content (AvgIpc) is 2.81. The van der Waals surface area contributed by atoms with Crippen LogP contribution in [0.4, 0.5) is 10.5 Å². The molecule has 1 aromatic rings. The molecular formula is C15H19ClN4O3. The molecule has 8 heteroatoms. The number of carbonyl (C=O) groups is 3. The van der Waals surface area contributed by atoms with Gasteiger partial charge in [0.2, 0.25) is 5.91 Å². The van der Waals surface area contributed by atoms with Crippen LogP contribution in [0.3, 0.4) is 0 Å². The summed E-state index contributed by atoms with van der Waals surface area (Å²) >= 11 is 5.80. The average molecular weight is 339 g/mol. The SMILES string of the molecule is CNCCNC(=O)CCC1NC(=O)N(c2ccc(Cl)cc2)C1=O. The number of rotatable bonds is 7. The molecule has 1 aliphatic heterocycles. The summed E-state index contributed by atoms with van der Waals surface area (Å²) in [5.74, 6) is -0.507. The molecule has 1 aromatic carbocycles. The van der Waals surface area contributed by atoms with Crippen LogP contribution >= 0.6 is 11.6 Å². The maximum absolute atomic E-state index is 12.3. The Bertz CT molecular complexity index is 591. The predicted octanol–water partition coefficient (Wildman–Crippen LogP) is 0.881. The molecule has 0 radical (unpaired) electrons. The van der Waals surface area contributed by atoms with Crippen molar-refractivity contribution >= 4 is 35.1 Å². The summed E-state index contributed by atoms with van der Waals surface area (Å²) in [4.78, 5) is 37.1. The second-order valence-electron chi connectivity index (χ2n) is 5.14. The summed E-state index contributed by atoms with van der Waals surface area (Å²) in [6.45, 7) is 1.20. The Hall–Kier alpha value is -2.12. The van der Waals surface area contributed by atoms with Gasteiger partial charge in [0, 0.05) is 24.5 Å². The van der Waals surface area contributed by atoms with E-state index in [1.54, 1.807) is 31.3 Å². The normalized spacial score (nSPS) is 17.3. The minimum atomic E-state index is -0.687. The summed E-state index contributed by atoms with van der Waals surface area (Å²) in [6.07, 6.45) is 0.439. The van der Waals surface area contributed by atoms with Gasteiger partial charge < -0.3 is 16.0 Å². The van der Waals surface area contributed by atoms with E-state index < -0.39 is 12.1 Å². The van der Waals surface area contributed by atoms with Crippen LogP contribution in [0.1, 0.15) is 12.8 Å². The first kappa shape index (κ1) is 17.2. The third-order valence-corrected chi connectivity index (χ3v) is 3.71. The van der Waals surface area contributed by atoms with E-state index >= 15 is 0 Å². The Morgan fingerprint density at radius 1 is 1.26 bits per heavy atom. The van der Waals surface area contributed by atoms with Gasteiger partial charge in [-0.25, -0.2) is 9.69 Å². The van der Waals surface area contributed by atoms with E-state index in [9.17, 15) is 14.4 Å². The molecule has 0 saturated carbocycles. The van der Waals surface area contributed by atoms with Gasteiger partial charge >= 0.3 is 6.03 Å². The fraction of sp³-hybridized carbons (Fsp3) is 0.400. The number of amides is 4. The fourth-order valence-corrected chi connectivity index (χ4v) is 2.38. The van der Waals surface area contributed by atoms with E-state index in [4.69, 9.17) is 11.6 Å². The molecule has 1 atom stereocenters. The monoisotopic (exact) mass is 338 g/mol. The first-order valence-electron chi connectivity index (χ1n) is 7.34. The summed E-state index contributed by atoms with van der Waals surface area (Å²) < 4.78 is 0. The lowest BCUT2D eigenvalue weighted by Crippen LogP contribution is -2.34. The van der Waals surface area contributed by atoms with Crippen molar-refractivity contribution in [3.8, 4) is 0 Å². The van der Waals surface area contributed by atoms with Gasteiger partial charge in [0.25, 0.3) is 5.91 Å². The lowest BCUT2D eigenvalue weighted by Gasteiger charge is -2.13. The fourth-order valence-electron chi connectivity index (χ4n) is 2.25. The second kappa shape index (κ2) is 7.94. The van der Waals surface area contributed by atoms with Crippen LogP contribution in [0, 0.1) is 0 Å². The highest BCUT2D eigenvalue weighted by atomic mass is 35.5. The van der Waals surface area contributed by atoms with Crippen molar-refractivity contribution in [2.45, 2.75) is 18.9 Å². The lowest BCUT2D eigenvalue weighted by molar-refractivity contribution is -0.121. The summed E-state index contributed by atoms with van der Waals surface area (Å²) in [5, 5.41) is 8.77. The standard InChI is InChI=1S/C15H19ClN4O3/c1-17-8-9-18-13(21)7-6-12-14(22)20(15(23)19-12)11-4-2-10(16)3-5-11/h2-5,12,17H,6-9H2,1H3,(H,18,21)(H,19,23). The number of imide groups is 1. The Morgan fingerprint density at radius 2 is 1.96 bits per heavy atom. The first-order chi connectivity index (χ1) is 11.0. The molecule has 1 fully saturated rings. The molecule has 3 N–H and O–H groups in total. The number of nitrogens with zero attached hydrogens (tertiary/aromatic N) is 1. The van der Waals surface area contributed by atoms with Gasteiger partial charge in [0.15, 0.2) is 0 Å². The molecule has 0 aromatic heterocycles. The van der Waals surface area contributed by atoms with Crippen LogP contribution in [0.25, 0.3) is 0 Å². The van der Waals surface area contributed by atoms with E-state index in [2.05, 4.69) is 16.0 Å². The van der Waals surface area contributed by atoms with Crippen molar-refractivity contribution in [2.75, 3.05) is 25.0 Å². The third kappa shape index (κ3) is 4.43. The van der Waals surface area contributed by atoms with Crippen LogP contribution < -0.4 is 20.9 Å². The zero-order valence-electron chi connectivity index (χ0n) is 12.8. The number of benzene rings is 1. The Kier molecular flexibility index (Phi) is 5.95. The van der Waals surface area contributed by atoms with Crippen LogP contribution in [-0.4, -0.2) is 44.0 Å². The van der Waals surface area contributed by atoms with Crippen LogP contribution in [0.2, 0.25) is 5.02 Å². The predicted molar refractivity (Wildman–Crippen MR) is 87.4 cm³/mol. The zero-order valence-corrected chi connectivity index (χ0v) is 13.5. The van der Waals surface area contributed by atoms with Gasteiger partial charge in [-0.1, -0.05) is 11.6 Å². The minimum absolute atomic E-state index is 0.146. The third-order valence-electron chi connectivity index (χ3n) is 3.46. The van der Waals surface area contributed by atoms with Gasteiger partial charge in [-0.05, 0) is 37.7 Å². The molecule has 2 rings (SSSR count). The maximum Gasteiger partial charge on any atom is 0.329 e. The molecule has 4 amide bonds. The summed E-state index contributed by atoms with van der Waals surface area (Å²) in [7, 11) is 1.80. The molecule has 124 valence electrons. The number of carbonyl (C=O) groups excluding carboxylic acids is 3. The lowest BCUT2D eigenvalue weighted by atomic mass is 10.1. The summed E-state index contributed by atoms with van der Waals surface area (Å²) in [6, 6.07) is 5.25. The van der Waals surface area contributed by atoms with E-state index in [1.807, 2.05) is 0 Å². The molecule has 0 spiro atoms. The van der Waals surface area contributed by atoms with Gasteiger partial charge in [0.05, 0.1) is 5.69 Å². The molecule has 0 bridgehead atoms. The first-order valence-corrected chi connectivity index (χ1v) is 7.72. The molecule has 0 aliphatic carbocycles. The summed E-state index contributed by atoms with van der Waals surface area (Å²) in [5.41, 5.74) is 0.456. The van der Waals surface area contributed by atoms with E-state index in [1.165, 1.54) is 0 Å². The van der Waals surface area contributed by atoms with Gasteiger partial charge in [-0.3, -0.25) is 9.59 Å². The number of hydrogen-bond donors (Lipinski definition) is 3. The molecule has 1 heterocycles. The topological polar surface area (TPSA) is 90.5 Å². The minimum Gasteiger partial charge on any atom is -0.355 e. The maximum atomic E-state index is 12.3. The number of urea groups is 1. The quantitative estimate of drug-likeness (QED) is 0.508.